The van der Waals surface area contributed by atoms with E-state index in [-0.39, 0.29) is 17.7 Å². The van der Waals surface area contributed by atoms with Crippen LogP contribution in [0.1, 0.15) is 46.5 Å². The normalized spacial score (nSPS) is 36.7. The minimum Gasteiger partial charge on any atom is -0.352 e. The smallest absolute Gasteiger partial charge is 0.234 e. The number of amides is 1. The number of hydrogen-bond acceptors (Lipinski definition) is 4. The molecule has 0 aromatic carbocycles. The maximum Gasteiger partial charge on any atom is 0.234 e. The molecule has 0 aromatic rings. The van der Waals surface area contributed by atoms with Gasteiger partial charge >= 0.3 is 0 Å². The molecular formula is C17H30N2O3S. The van der Waals surface area contributed by atoms with E-state index >= 15 is 0 Å². The lowest BCUT2D eigenvalue weighted by molar-refractivity contribution is -0.123. The third kappa shape index (κ3) is 3.43. The van der Waals surface area contributed by atoms with Crippen LogP contribution in [0.4, 0.5) is 0 Å². The summed E-state index contributed by atoms with van der Waals surface area (Å²) in [4.78, 5) is 14.3. The van der Waals surface area contributed by atoms with Crippen LogP contribution in [0.5, 0.6) is 0 Å². The van der Waals surface area contributed by atoms with Crippen molar-refractivity contribution in [2.45, 2.75) is 57.2 Å². The van der Waals surface area contributed by atoms with Gasteiger partial charge in [-0.05, 0) is 57.8 Å². The van der Waals surface area contributed by atoms with Crippen LogP contribution in [0.15, 0.2) is 0 Å². The summed E-state index contributed by atoms with van der Waals surface area (Å²) in [5.74, 6) is 2.51. The Bertz CT molecular complexity index is 572. The molecule has 5 nitrogen and oxygen atoms in total. The largest absolute Gasteiger partial charge is 0.352 e. The monoisotopic (exact) mass is 342 g/mol. The molecule has 3 rings (SSSR count). The Hall–Kier alpha value is -0.620. The topological polar surface area (TPSA) is 66.5 Å². The van der Waals surface area contributed by atoms with Gasteiger partial charge in [-0.25, -0.2) is 8.42 Å². The molecule has 1 N–H and O–H groups in total. The van der Waals surface area contributed by atoms with Gasteiger partial charge in [0, 0.05) is 19.1 Å². The first-order valence-electron chi connectivity index (χ1n) is 8.92. The molecule has 3 fully saturated rings. The van der Waals surface area contributed by atoms with Gasteiger partial charge in [-0.3, -0.25) is 9.69 Å². The fourth-order valence-corrected chi connectivity index (χ4v) is 6.32. The van der Waals surface area contributed by atoms with Crippen LogP contribution >= 0.6 is 0 Å². The number of sulfone groups is 1. The van der Waals surface area contributed by atoms with Crippen molar-refractivity contribution in [3.63, 3.8) is 0 Å². The van der Waals surface area contributed by atoms with Crippen LogP contribution < -0.4 is 5.32 Å². The van der Waals surface area contributed by atoms with Crippen molar-refractivity contribution in [2.75, 3.05) is 25.4 Å². The Kier molecular flexibility index (Phi) is 4.51. The molecule has 0 aromatic heterocycles. The molecule has 2 aliphatic carbocycles. The van der Waals surface area contributed by atoms with E-state index in [9.17, 15) is 13.2 Å². The average molecular weight is 343 g/mol. The van der Waals surface area contributed by atoms with Crippen molar-refractivity contribution < 1.29 is 13.2 Å². The van der Waals surface area contributed by atoms with Crippen LogP contribution in [0.3, 0.4) is 0 Å². The molecule has 132 valence electrons. The molecule has 1 aliphatic heterocycles. The van der Waals surface area contributed by atoms with Gasteiger partial charge in [0.15, 0.2) is 9.84 Å². The maximum absolute atomic E-state index is 12.4. The Morgan fingerprint density at radius 1 is 1.30 bits per heavy atom. The summed E-state index contributed by atoms with van der Waals surface area (Å²) in [5.41, 5.74) is 0. The van der Waals surface area contributed by atoms with E-state index in [2.05, 4.69) is 12.2 Å². The summed E-state index contributed by atoms with van der Waals surface area (Å²) in [7, 11) is -3.05. The highest BCUT2D eigenvalue weighted by Gasteiger charge is 2.43. The van der Waals surface area contributed by atoms with E-state index in [1.165, 1.54) is 25.7 Å². The number of fused-ring (bicyclic) bond motifs is 2. The van der Waals surface area contributed by atoms with Gasteiger partial charge in [0.05, 0.1) is 17.0 Å². The Morgan fingerprint density at radius 3 is 2.61 bits per heavy atom. The summed E-state index contributed by atoms with van der Waals surface area (Å²) >= 11 is 0. The number of nitrogens with one attached hydrogen (secondary N) is 1. The second kappa shape index (κ2) is 6.03. The zero-order valence-corrected chi connectivity index (χ0v) is 15.4. The summed E-state index contributed by atoms with van der Waals surface area (Å²) in [6.45, 7) is 6.85. The van der Waals surface area contributed by atoms with Crippen LogP contribution in [-0.2, 0) is 14.6 Å². The average Bonchev–Trinajstić information content (AvgIpc) is 3.05. The van der Waals surface area contributed by atoms with Gasteiger partial charge in [-0.1, -0.05) is 6.42 Å². The maximum atomic E-state index is 12.4. The first-order chi connectivity index (χ1) is 10.7. The first kappa shape index (κ1) is 17.2. The van der Waals surface area contributed by atoms with Crippen molar-refractivity contribution in [2.24, 2.45) is 17.8 Å². The fraction of sp³-hybridized carbons (Fsp3) is 0.941. The fourth-order valence-electron chi connectivity index (χ4n) is 4.89. The van der Waals surface area contributed by atoms with E-state index in [1.807, 2.05) is 4.90 Å². The van der Waals surface area contributed by atoms with Crippen molar-refractivity contribution >= 4 is 15.7 Å². The molecule has 23 heavy (non-hydrogen) atoms. The highest BCUT2D eigenvalue weighted by atomic mass is 32.2. The van der Waals surface area contributed by atoms with Crippen LogP contribution in [0.2, 0.25) is 0 Å². The lowest BCUT2D eigenvalue weighted by Crippen LogP contribution is -2.55. The molecule has 1 amide bonds. The minimum absolute atomic E-state index is 0.0374. The van der Waals surface area contributed by atoms with E-state index < -0.39 is 14.6 Å². The second-order valence-corrected chi connectivity index (χ2v) is 11.2. The molecular weight excluding hydrogens is 312 g/mol. The van der Waals surface area contributed by atoms with Crippen molar-refractivity contribution in [3.05, 3.63) is 0 Å². The summed E-state index contributed by atoms with van der Waals surface area (Å²) in [6, 6.07) is 0.235. The Labute approximate surface area is 140 Å². The lowest BCUT2D eigenvalue weighted by Gasteiger charge is -2.37. The number of carbonyl (C=O) groups is 1. The van der Waals surface area contributed by atoms with Gasteiger partial charge in [-0.2, -0.15) is 0 Å². The molecule has 2 bridgehead atoms. The molecule has 4 unspecified atom stereocenters. The van der Waals surface area contributed by atoms with Gasteiger partial charge in [0.1, 0.15) is 0 Å². The molecule has 4 atom stereocenters. The number of carbonyl (C=O) groups excluding carboxylic acids is 1. The third-order valence-corrected chi connectivity index (χ3v) is 8.85. The standard InChI is InChI=1S/C17H30N2O3S/c1-12(15-9-13-4-5-14(15)8-13)18-16(20)10-19-6-7-23(21,22)17(2,3)11-19/h12-15H,4-11H2,1-3H3,(H,18,20). The predicted molar refractivity (Wildman–Crippen MR) is 90.8 cm³/mol. The first-order valence-corrected chi connectivity index (χ1v) is 10.6. The van der Waals surface area contributed by atoms with Crippen molar-refractivity contribution in [1.82, 2.24) is 10.2 Å². The zero-order valence-electron chi connectivity index (χ0n) is 14.5. The van der Waals surface area contributed by atoms with Crippen molar-refractivity contribution in [3.8, 4) is 0 Å². The molecule has 2 saturated carbocycles. The van der Waals surface area contributed by atoms with Crippen LogP contribution in [0, 0.1) is 17.8 Å². The SMILES string of the molecule is CC(NC(=O)CN1CCS(=O)(=O)C(C)(C)C1)C1CC2CCC1C2. The van der Waals surface area contributed by atoms with E-state index in [0.717, 1.165) is 11.8 Å². The Morgan fingerprint density at radius 2 is 2.04 bits per heavy atom. The van der Waals surface area contributed by atoms with Gasteiger partial charge in [-0.15, -0.1) is 0 Å². The van der Waals surface area contributed by atoms with Crippen molar-refractivity contribution in [1.29, 1.82) is 0 Å². The van der Waals surface area contributed by atoms with E-state index in [0.29, 0.717) is 25.6 Å². The molecule has 6 heteroatoms. The molecule has 1 saturated heterocycles. The zero-order chi connectivity index (χ0) is 16.8. The van der Waals surface area contributed by atoms with E-state index in [1.54, 1.807) is 13.8 Å². The third-order valence-electron chi connectivity index (χ3n) is 6.31. The van der Waals surface area contributed by atoms with Crippen LogP contribution in [-0.4, -0.2) is 55.4 Å². The summed E-state index contributed by atoms with van der Waals surface area (Å²) in [5, 5.41) is 3.17. The van der Waals surface area contributed by atoms with Gasteiger partial charge in [0.2, 0.25) is 5.91 Å². The minimum atomic E-state index is -3.05. The number of nitrogens with zero attached hydrogens (tertiary/aromatic N) is 1. The second-order valence-electron chi connectivity index (χ2n) is 8.48. The highest BCUT2D eigenvalue weighted by molar-refractivity contribution is 7.92. The highest BCUT2D eigenvalue weighted by Crippen LogP contribution is 2.49. The summed E-state index contributed by atoms with van der Waals surface area (Å²) < 4.78 is 23.3. The van der Waals surface area contributed by atoms with Gasteiger partial charge in [0.25, 0.3) is 0 Å². The van der Waals surface area contributed by atoms with Gasteiger partial charge < -0.3 is 5.32 Å². The molecule has 1 heterocycles. The summed E-state index contributed by atoms with van der Waals surface area (Å²) in [6.07, 6.45) is 5.32. The lowest BCUT2D eigenvalue weighted by atomic mass is 9.84. The molecule has 0 spiro atoms. The predicted octanol–water partition coefficient (Wildman–Crippen LogP) is 1.44. The number of hydrogen-bond donors (Lipinski definition) is 1. The Balaban J connectivity index is 1.50. The van der Waals surface area contributed by atoms with Crippen LogP contribution in [0.25, 0.3) is 0 Å². The molecule has 0 radical (unpaired) electrons. The van der Waals surface area contributed by atoms with E-state index in [4.69, 9.17) is 0 Å². The molecule has 3 aliphatic rings. The number of rotatable bonds is 4. The quantitative estimate of drug-likeness (QED) is 0.839.